The van der Waals surface area contributed by atoms with Gasteiger partial charge in [-0.2, -0.15) is 13.2 Å². The third-order valence-electron chi connectivity index (χ3n) is 3.59. The molecule has 0 spiro atoms. The predicted molar refractivity (Wildman–Crippen MR) is 92.9 cm³/mol. The molecule has 1 N–H and O–H groups in total. The van der Waals surface area contributed by atoms with E-state index >= 15 is 0 Å². The van der Waals surface area contributed by atoms with Crippen molar-refractivity contribution in [2.75, 3.05) is 12.4 Å². The number of benzene rings is 2. The number of nitrogens with zero attached hydrogens (tertiary/aromatic N) is 1. The average molecular weight is 364 g/mol. The number of alkyl halides is 3. The molecule has 0 saturated heterocycles. The van der Waals surface area contributed by atoms with Crippen LogP contribution in [0.1, 0.15) is 11.1 Å². The van der Waals surface area contributed by atoms with Gasteiger partial charge in [0.2, 0.25) is 0 Å². The van der Waals surface area contributed by atoms with Crippen LogP contribution in [0.4, 0.5) is 18.3 Å². The smallest absolute Gasteiger partial charge is 0.416 e. The Hall–Kier alpha value is -2.54. The van der Waals surface area contributed by atoms with E-state index in [2.05, 4.69) is 10.3 Å². The summed E-state index contributed by atoms with van der Waals surface area (Å²) in [5, 5.41) is 5.73. The van der Waals surface area contributed by atoms with E-state index in [1.54, 1.807) is 7.11 Å². The Morgan fingerprint density at radius 3 is 2.56 bits per heavy atom. The number of aromatic nitrogens is 1. The number of anilines is 1. The number of methoxy groups -OCH3 is 1. The molecule has 0 aliphatic heterocycles. The number of hydrogen-bond acceptors (Lipinski definition) is 4. The van der Waals surface area contributed by atoms with Gasteiger partial charge >= 0.3 is 6.18 Å². The lowest BCUT2D eigenvalue weighted by Gasteiger charge is -2.06. The minimum absolute atomic E-state index is 0.581. The highest BCUT2D eigenvalue weighted by Crippen LogP contribution is 2.31. The molecule has 0 radical (unpaired) electrons. The zero-order valence-corrected chi connectivity index (χ0v) is 14.1. The molecule has 0 atom stereocenters. The maximum atomic E-state index is 12.6. The minimum Gasteiger partial charge on any atom is -0.497 e. The molecular formula is C18H15F3N2OS. The van der Waals surface area contributed by atoms with Crippen LogP contribution >= 0.6 is 11.3 Å². The van der Waals surface area contributed by atoms with Crippen LogP contribution in [0.15, 0.2) is 53.9 Å². The van der Waals surface area contributed by atoms with E-state index < -0.39 is 11.7 Å². The molecule has 7 heteroatoms. The molecule has 130 valence electrons. The molecule has 0 aliphatic carbocycles. The van der Waals surface area contributed by atoms with Crippen LogP contribution in [0.25, 0.3) is 11.3 Å². The van der Waals surface area contributed by atoms with E-state index in [-0.39, 0.29) is 0 Å². The van der Waals surface area contributed by atoms with E-state index in [4.69, 9.17) is 4.74 Å². The summed E-state index contributed by atoms with van der Waals surface area (Å²) in [7, 11) is 1.61. The van der Waals surface area contributed by atoms with Gasteiger partial charge in [-0.1, -0.05) is 24.3 Å². The molecule has 3 aromatic rings. The summed E-state index contributed by atoms with van der Waals surface area (Å²) in [4.78, 5) is 4.42. The van der Waals surface area contributed by atoms with Gasteiger partial charge in [0.15, 0.2) is 5.13 Å². The van der Waals surface area contributed by atoms with Crippen molar-refractivity contribution in [2.24, 2.45) is 0 Å². The summed E-state index contributed by atoms with van der Waals surface area (Å²) in [6.07, 6.45) is -4.33. The van der Waals surface area contributed by atoms with E-state index in [1.165, 1.54) is 23.5 Å². The Kier molecular flexibility index (Phi) is 4.94. The van der Waals surface area contributed by atoms with Crippen LogP contribution in [-0.2, 0) is 12.7 Å². The molecule has 3 nitrogen and oxygen atoms in total. The molecule has 1 heterocycles. The Bertz CT molecular complexity index is 844. The van der Waals surface area contributed by atoms with Gasteiger partial charge in [0.1, 0.15) is 5.75 Å². The van der Waals surface area contributed by atoms with Crippen molar-refractivity contribution >= 4 is 16.5 Å². The van der Waals surface area contributed by atoms with Gasteiger partial charge in [0.05, 0.1) is 18.4 Å². The van der Waals surface area contributed by atoms with Gasteiger partial charge < -0.3 is 10.1 Å². The Labute approximate surface area is 147 Å². The quantitative estimate of drug-likeness (QED) is 0.654. The molecular weight excluding hydrogens is 349 g/mol. The largest absolute Gasteiger partial charge is 0.497 e. The minimum atomic E-state index is -4.33. The fraction of sp³-hybridized carbons (Fsp3) is 0.167. The zero-order valence-electron chi connectivity index (χ0n) is 13.3. The van der Waals surface area contributed by atoms with E-state index in [0.29, 0.717) is 22.9 Å². The zero-order chi connectivity index (χ0) is 17.9. The third kappa shape index (κ3) is 4.30. The van der Waals surface area contributed by atoms with Crippen LogP contribution in [0.2, 0.25) is 0 Å². The van der Waals surface area contributed by atoms with Gasteiger partial charge in [-0.25, -0.2) is 4.98 Å². The van der Waals surface area contributed by atoms with Gasteiger partial charge in [0.25, 0.3) is 0 Å². The molecule has 25 heavy (non-hydrogen) atoms. The second kappa shape index (κ2) is 7.14. The number of nitrogens with one attached hydrogen (secondary N) is 1. The molecule has 3 rings (SSSR count). The molecule has 0 amide bonds. The fourth-order valence-corrected chi connectivity index (χ4v) is 3.00. The third-order valence-corrected chi connectivity index (χ3v) is 4.39. The lowest BCUT2D eigenvalue weighted by atomic mass is 10.1. The second-order valence-electron chi connectivity index (χ2n) is 5.32. The van der Waals surface area contributed by atoms with E-state index in [0.717, 1.165) is 23.4 Å². The molecule has 2 aromatic carbocycles. The van der Waals surface area contributed by atoms with Crippen LogP contribution in [0.3, 0.4) is 0 Å². The molecule has 0 saturated carbocycles. The van der Waals surface area contributed by atoms with Gasteiger partial charge in [-0.15, -0.1) is 11.3 Å². The topological polar surface area (TPSA) is 34.1 Å². The molecule has 1 aromatic heterocycles. The Morgan fingerprint density at radius 1 is 1.12 bits per heavy atom. The van der Waals surface area contributed by atoms with Crippen molar-refractivity contribution in [3.63, 3.8) is 0 Å². The van der Waals surface area contributed by atoms with Crippen molar-refractivity contribution in [1.29, 1.82) is 0 Å². The van der Waals surface area contributed by atoms with E-state index in [1.807, 2.05) is 29.6 Å². The van der Waals surface area contributed by atoms with Crippen molar-refractivity contribution in [2.45, 2.75) is 12.7 Å². The summed E-state index contributed by atoms with van der Waals surface area (Å²) < 4.78 is 43.0. The number of thiazole rings is 1. The predicted octanol–water partition coefficient (Wildman–Crippen LogP) is 5.45. The lowest BCUT2D eigenvalue weighted by molar-refractivity contribution is -0.137. The highest BCUT2D eigenvalue weighted by molar-refractivity contribution is 7.14. The highest BCUT2D eigenvalue weighted by atomic mass is 32.1. The standard InChI is InChI=1S/C18H15F3N2OS/c1-24-15-4-2-3-12(9-15)10-22-17-23-16(11-25-17)13-5-7-14(8-6-13)18(19,20)21/h2-9,11H,10H2,1H3,(H,22,23). The first-order valence-electron chi connectivity index (χ1n) is 7.45. The molecule has 0 aliphatic rings. The van der Waals surface area contributed by atoms with Crippen LogP contribution in [0.5, 0.6) is 5.75 Å². The highest BCUT2D eigenvalue weighted by Gasteiger charge is 2.30. The Morgan fingerprint density at radius 2 is 1.88 bits per heavy atom. The summed E-state index contributed by atoms with van der Waals surface area (Å²) in [6.45, 7) is 0.581. The summed E-state index contributed by atoms with van der Waals surface area (Å²) in [5.74, 6) is 0.781. The first kappa shape index (κ1) is 17.3. The SMILES string of the molecule is COc1cccc(CNc2nc(-c3ccc(C(F)(F)F)cc3)cs2)c1. The van der Waals surface area contributed by atoms with Crippen molar-refractivity contribution in [1.82, 2.24) is 4.98 Å². The summed E-state index contributed by atoms with van der Waals surface area (Å²) in [6, 6.07) is 12.7. The van der Waals surface area contributed by atoms with Crippen LogP contribution < -0.4 is 10.1 Å². The van der Waals surface area contributed by atoms with E-state index in [9.17, 15) is 13.2 Å². The second-order valence-corrected chi connectivity index (χ2v) is 6.18. The fourth-order valence-electron chi connectivity index (χ4n) is 2.28. The maximum absolute atomic E-state index is 12.6. The van der Waals surface area contributed by atoms with Crippen LogP contribution in [0, 0.1) is 0 Å². The number of ether oxygens (including phenoxy) is 1. The molecule has 0 unspecified atom stereocenters. The van der Waals surface area contributed by atoms with Crippen molar-refractivity contribution in [3.05, 3.63) is 65.0 Å². The number of hydrogen-bond donors (Lipinski definition) is 1. The first-order valence-corrected chi connectivity index (χ1v) is 8.33. The van der Waals surface area contributed by atoms with Crippen LogP contribution in [-0.4, -0.2) is 12.1 Å². The monoisotopic (exact) mass is 364 g/mol. The summed E-state index contributed by atoms with van der Waals surface area (Å²) in [5.41, 5.74) is 1.68. The first-order chi connectivity index (χ1) is 12.0. The maximum Gasteiger partial charge on any atom is 0.416 e. The van der Waals surface area contributed by atoms with Crippen molar-refractivity contribution < 1.29 is 17.9 Å². The van der Waals surface area contributed by atoms with Crippen molar-refractivity contribution in [3.8, 4) is 17.0 Å². The summed E-state index contributed by atoms with van der Waals surface area (Å²) >= 11 is 1.41. The van der Waals surface area contributed by atoms with Gasteiger partial charge in [-0.05, 0) is 29.8 Å². The number of halogens is 3. The normalized spacial score (nSPS) is 11.4. The van der Waals surface area contributed by atoms with Gasteiger partial charge in [0, 0.05) is 17.5 Å². The van der Waals surface area contributed by atoms with Gasteiger partial charge in [-0.3, -0.25) is 0 Å². The number of rotatable bonds is 5. The lowest BCUT2D eigenvalue weighted by Crippen LogP contribution is -2.04. The molecule has 0 fully saturated rings. The average Bonchev–Trinajstić information content (AvgIpc) is 3.08. The molecule has 0 bridgehead atoms. The Balaban J connectivity index is 1.68.